The first-order valence-corrected chi connectivity index (χ1v) is 6.36. The molecule has 0 atom stereocenters. The molecule has 0 amide bonds. The van der Waals surface area contributed by atoms with E-state index < -0.39 is 17.6 Å². The quantitative estimate of drug-likeness (QED) is 0.573. The maximum atomic E-state index is 14.0. The molecule has 0 spiro atoms. The Morgan fingerprint density at radius 3 is 2.45 bits per heavy atom. The summed E-state index contributed by atoms with van der Waals surface area (Å²) in [6, 6.07) is 4.09. The normalized spacial score (nSPS) is 11.7. The number of halogens is 6. The van der Waals surface area contributed by atoms with Gasteiger partial charge in [0.2, 0.25) is 0 Å². The van der Waals surface area contributed by atoms with Gasteiger partial charge in [-0.2, -0.15) is 13.2 Å². The zero-order valence-corrected chi connectivity index (χ0v) is 11.9. The maximum Gasteiger partial charge on any atom is 0.416 e. The van der Waals surface area contributed by atoms with Crippen LogP contribution in [0.4, 0.5) is 23.4 Å². The first-order chi connectivity index (χ1) is 9.20. The molecule has 0 saturated heterocycles. The number of hydrogen-bond donors (Lipinski definition) is 1. The van der Waals surface area contributed by atoms with E-state index in [1.54, 1.807) is 0 Å². The van der Waals surface area contributed by atoms with E-state index in [-0.39, 0.29) is 22.1 Å². The lowest BCUT2D eigenvalue weighted by Crippen LogP contribution is -2.07. The fourth-order valence-corrected chi connectivity index (χ4v) is 2.05. The molecular formula is C12H6BrClF4N2. The second-order valence-corrected chi connectivity index (χ2v) is 5.12. The van der Waals surface area contributed by atoms with Crippen LogP contribution in [-0.4, -0.2) is 4.98 Å². The van der Waals surface area contributed by atoms with Gasteiger partial charge >= 0.3 is 6.18 Å². The second kappa shape index (κ2) is 5.21. The van der Waals surface area contributed by atoms with Crippen LogP contribution in [0.5, 0.6) is 0 Å². The van der Waals surface area contributed by atoms with Gasteiger partial charge < -0.3 is 5.73 Å². The monoisotopic (exact) mass is 368 g/mol. The molecule has 0 saturated carbocycles. The fraction of sp³-hybridized carbons (Fsp3) is 0.0833. The molecule has 20 heavy (non-hydrogen) atoms. The smallest absolute Gasteiger partial charge is 0.384 e. The number of anilines is 1. The third-order valence-corrected chi connectivity index (χ3v) is 3.74. The summed E-state index contributed by atoms with van der Waals surface area (Å²) >= 11 is 8.72. The van der Waals surface area contributed by atoms with Crippen LogP contribution in [0.1, 0.15) is 5.56 Å². The van der Waals surface area contributed by atoms with Gasteiger partial charge in [-0.1, -0.05) is 11.6 Å². The molecule has 1 aromatic carbocycles. The van der Waals surface area contributed by atoms with Crippen molar-refractivity contribution in [2.24, 2.45) is 0 Å². The number of nitrogens with two attached hydrogens (primary N) is 1. The summed E-state index contributed by atoms with van der Waals surface area (Å²) < 4.78 is 52.4. The Balaban J connectivity index is 2.65. The molecule has 106 valence electrons. The highest BCUT2D eigenvalue weighted by Gasteiger charge is 2.32. The van der Waals surface area contributed by atoms with E-state index in [4.69, 9.17) is 17.3 Å². The topological polar surface area (TPSA) is 38.9 Å². The first kappa shape index (κ1) is 15.1. The Bertz CT molecular complexity index is 673. The number of nitrogens with zero attached hydrogens (tertiary/aromatic N) is 1. The minimum absolute atomic E-state index is 0.156. The molecule has 2 aromatic rings. The molecule has 0 aliphatic carbocycles. The SMILES string of the molecule is Nc1cc(C(F)(F)F)cc(-c2ccc(Br)c(Cl)c2F)n1. The number of hydrogen-bond acceptors (Lipinski definition) is 2. The Kier molecular flexibility index (Phi) is 3.93. The van der Waals surface area contributed by atoms with Crippen molar-refractivity contribution >= 4 is 33.3 Å². The molecule has 0 radical (unpaired) electrons. The van der Waals surface area contributed by atoms with Crippen LogP contribution in [-0.2, 0) is 6.18 Å². The molecular weight excluding hydrogens is 363 g/mol. The molecule has 1 heterocycles. The van der Waals surface area contributed by atoms with Crippen LogP contribution in [0.3, 0.4) is 0 Å². The van der Waals surface area contributed by atoms with Gasteiger partial charge in [0.25, 0.3) is 0 Å². The molecule has 2 nitrogen and oxygen atoms in total. The van der Waals surface area contributed by atoms with Crippen LogP contribution in [0.2, 0.25) is 5.02 Å². The lowest BCUT2D eigenvalue weighted by molar-refractivity contribution is -0.137. The summed E-state index contributed by atoms with van der Waals surface area (Å²) in [7, 11) is 0. The molecule has 0 unspecified atom stereocenters. The van der Waals surface area contributed by atoms with Crippen molar-refractivity contribution in [3.8, 4) is 11.3 Å². The highest BCUT2D eigenvalue weighted by atomic mass is 79.9. The summed E-state index contributed by atoms with van der Waals surface area (Å²) in [6.07, 6.45) is -4.60. The van der Waals surface area contributed by atoms with Crippen LogP contribution in [0, 0.1) is 5.82 Å². The number of pyridine rings is 1. The average molecular weight is 370 g/mol. The Morgan fingerprint density at radius 2 is 1.85 bits per heavy atom. The minimum Gasteiger partial charge on any atom is -0.384 e. The zero-order valence-electron chi connectivity index (χ0n) is 9.60. The van der Waals surface area contributed by atoms with Crippen molar-refractivity contribution < 1.29 is 17.6 Å². The second-order valence-electron chi connectivity index (χ2n) is 3.89. The van der Waals surface area contributed by atoms with Crippen LogP contribution in [0.15, 0.2) is 28.7 Å². The lowest BCUT2D eigenvalue weighted by Gasteiger charge is -2.11. The van der Waals surface area contributed by atoms with Crippen molar-refractivity contribution in [1.82, 2.24) is 4.98 Å². The van der Waals surface area contributed by atoms with E-state index in [0.717, 1.165) is 6.07 Å². The van der Waals surface area contributed by atoms with Crippen molar-refractivity contribution in [2.75, 3.05) is 5.73 Å². The highest BCUT2D eigenvalue weighted by Crippen LogP contribution is 2.36. The van der Waals surface area contributed by atoms with Crippen molar-refractivity contribution in [3.05, 3.63) is 45.1 Å². The van der Waals surface area contributed by atoms with E-state index in [2.05, 4.69) is 20.9 Å². The predicted octanol–water partition coefficient (Wildman–Crippen LogP) is 4.90. The van der Waals surface area contributed by atoms with Crippen molar-refractivity contribution in [2.45, 2.75) is 6.18 Å². The summed E-state index contributed by atoms with van der Waals surface area (Å²) in [6.45, 7) is 0. The molecule has 0 aliphatic heterocycles. The molecule has 0 aliphatic rings. The first-order valence-electron chi connectivity index (χ1n) is 5.19. The predicted molar refractivity (Wildman–Crippen MR) is 71.8 cm³/mol. The zero-order chi connectivity index (χ0) is 15.1. The number of rotatable bonds is 1. The van der Waals surface area contributed by atoms with Crippen LogP contribution < -0.4 is 5.73 Å². The Hall–Kier alpha value is -1.34. The number of aromatic nitrogens is 1. The highest BCUT2D eigenvalue weighted by molar-refractivity contribution is 9.10. The molecule has 8 heteroatoms. The maximum absolute atomic E-state index is 14.0. The van der Waals surface area contributed by atoms with E-state index >= 15 is 0 Å². The fourth-order valence-electron chi connectivity index (χ4n) is 1.58. The van der Waals surface area contributed by atoms with E-state index in [9.17, 15) is 17.6 Å². The molecule has 0 fully saturated rings. The van der Waals surface area contributed by atoms with Crippen molar-refractivity contribution in [3.63, 3.8) is 0 Å². The summed E-state index contributed by atoms with van der Waals surface area (Å²) in [5, 5.41) is -0.236. The average Bonchev–Trinajstić information content (AvgIpc) is 2.34. The van der Waals surface area contributed by atoms with Gasteiger partial charge in [0.05, 0.1) is 16.3 Å². The number of benzene rings is 1. The van der Waals surface area contributed by atoms with Crippen LogP contribution >= 0.6 is 27.5 Å². The summed E-state index contributed by atoms with van der Waals surface area (Å²) in [4.78, 5) is 3.71. The minimum atomic E-state index is -4.60. The van der Waals surface area contributed by atoms with Crippen molar-refractivity contribution in [1.29, 1.82) is 0 Å². The lowest BCUT2D eigenvalue weighted by atomic mass is 10.1. The third-order valence-electron chi connectivity index (χ3n) is 2.48. The van der Waals surface area contributed by atoms with Crippen LogP contribution in [0.25, 0.3) is 11.3 Å². The van der Waals surface area contributed by atoms with Gasteiger partial charge in [0.15, 0.2) is 5.82 Å². The number of alkyl halides is 3. The van der Waals surface area contributed by atoms with Gasteiger partial charge in [-0.3, -0.25) is 0 Å². The van der Waals surface area contributed by atoms with E-state index in [1.807, 2.05) is 0 Å². The van der Waals surface area contributed by atoms with E-state index in [0.29, 0.717) is 10.5 Å². The van der Waals surface area contributed by atoms with E-state index in [1.165, 1.54) is 12.1 Å². The molecule has 1 aromatic heterocycles. The molecule has 0 bridgehead atoms. The van der Waals surface area contributed by atoms with Gasteiger partial charge in [-0.15, -0.1) is 0 Å². The van der Waals surface area contributed by atoms with Gasteiger partial charge in [-0.05, 0) is 40.2 Å². The third kappa shape index (κ3) is 2.88. The Labute approximate surface area is 124 Å². The largest absolute Gasteiger partial charge is 0.416 e. The van der Waals surface area contributed by atoms with Gasteiger partial charge in [0, 0.05) is 10.0 Å². The van der Waals surface area contributed by atoms with Gasteiger partial charge in [-0.25, -0.2) is 9.37 Å². The number of nitrogen functional groups attached to an aromatic ring is 1. The molecule has 2 rings (SSSR count). The standard InChI is InChI=1S/C12H6BrClF4N2/c13-7-2-1-6(11(15)10(7)14)8-3-5(12(16,17)18)4-9(19)20-8/h1-4H,(H2,19,20). The van der Waals surface area contributed by atoms with Gasteiger partial charge in [0.1, 0.15) is 5.82 Å². The molecule has 2 N–H and O–H groups in total. The summed E-state index contributed by atoms with van der Waals surface area (Å²) in [5.41, 5.74) is 3.95. The Morgan fingerprint density at radius 1 is 1.20 bits per heavy atom. The summed E-state index contributed by atoms with van der Waals surface area (Å²) in [5.74, 6) is -1.22.